The van der Waals surface area contributed by atoms with Gasteiger partial charge in [-0.15, -0.1) is 0 Å². The number of likely N-dealkylation sites (tertiary alicyclic amines) is 1. The Morgan fingerprint density at radius 3 is 2.76 bits per heavy atom. The number of rotatable bonds is 4. The Balaban J connectivity index is 1.74. The number of nitro groups is 1. The van der Waals surface area contributed by atoms with Crippen molar-refractivity contribution in [3.05, 3.63) is 98.8 Å². The lowest BCUT2D eigenvalue weighted by Gasteiger charge is -2.35. The van der Waals surface area contributed by atoms with Crippen LogP contribution in [0.3, 0.4) is 0 Å². The van der Waals surface area contributed by atoms with Crippen molar-refractivity contribution >= 4 is 34.7 Å². The molecule has 0 bridgehead atoms. The molecule has 0 radical (unpaired) electrons. The van der Waals surface area contributed by atoms with Gasteiger partial charge in [-0.25, -0.2) is 0 Å². The molecule has 8 nitrogen and oxygen atoms in total. The molecule has 9 heteroatoms. The van der Waals surface area contributed by atoms with Crippen LogP contribution < -0.4 is 5.32 Å². The molecule has 2 aliphatic rings. The molecule has 3 heterocycles. The van der Waals surface area contributed by atoms with Gasteiger partial charge in [-0.3, -0.25) is 29.6 Å². The molecule has 3 aromatic rings. The number of halogens is 1. The molecule has 3 atom stereocenters. The van der Waals surface area contributed by atoms with Gasteiger partial charge in [0, 0.05) is 47.1 Å². The summed E-state index contributed by atoms with van der Waals surface area (Å²) in [6, 6.07) is 16.4. The van der Waals surface area contributed by atoms with Crippen LogP contribution in [0.2, 0.25) is 5.02 Å². The highest BCUT2D eigenvalue weighted by molar-refractivity contribution is 6.31. The molecule has 0 unspecified atom stereocenters. The standard InChI is InChI=1S/C24H19ClN4O4/c1-28-13-17(14-5-4-6-16(11-14)29(32)33)21(22(30)20-7-2-3-10-26-20)24(28)18-12-15(25)8-9-19(18)27-23(24)31/h2-12,17,21H,13H2,1H3,(H,27,31)/t17-,21+,24+/m0/s1. The Hall–Kier alpha value is -3.62. The second-order valence-corrected chi connectivity index (χ2v) is 8.74. The van der Waals surface area contributed by atoms with Crippen molar-refractivity contribution in [2.24, 2.45) is 5.92 Å². The number of ketones is 1. The summed E-state index contributed by atoms with van der Waals surface area (Å²) >= 11 is 6.30. The number of anilines is 1. The zero-order valence-electron chi connectivity index (χ0n) is 17.6. The summed E-state index contributed by atoms with van der Waals surface area (Å²) in [4.78, 5) is 44.6. The number of nitrogens with zero attached hydrogens (tertiary/aromatic N) is 3. The molecular weight excluding hydrogens is 444 g/mol. The molecule has 2 aromatic carbocycles. The van der Waals surface area contributed by atoms with Gasteiger partial charge < -0.3 is 5.32 Å². The predicted molar refractivity (Wildman–Crippen MR) is 122 cm³/mol. The molecule has 1 saturated heterocycles. The first kappa shape index (κ1) is 21.2. The molecule has 33 heavy (non-hydrogen) atoms. The van der Waals surface area contributed by atoms with E-state index in [1.165, 1.54) is 18.3 Å². The Bertz CT molecular complexity index is 1300. The third-order valence-corrected chi connectivity index (χ3v) is 6.86. The first-order chi connectivity index (χ1) is 15.8. The second-order valence-electron chi connectivity index (χ2n) is 8.31. The summed E-state index contributed by atoms with van der Waals surface area (Å²) in [6.45, 7) is 0.337. The SMILES string of the molecule is CN1C[C@@H](c2cccc([N+](=O)[O-])c2)[C@H](C(=O)c2ccccn2)[C@]12C(=O)Nc1ccc(Cl)cc12. The van der Waals surface area contributed by atoms with Gasteiger partial charge in [-0.1, -0.05) is 29.8 Å². The van der Waals surface area contributed by atoms with Gasteiger partial charge in [0.1, 0.15) is 11.2 Å². The van der Waals surface area contributed by atoms with Crippen LogP contribution in [0.5, 0.6) is 0 Å². The largest absolute Gasteiger partial charge is 0.324 e. The first-order valence-electron chi connectivity index (χ1n) is 10.4. The topological polar surface area (TPSA) is 105 Å². The maximum Gasteiger partial charge on any atom is 0.269 e. The number of hydrogen-bond donors (Lipinski definition) is 1. The number of benzene rings is 2. The number of fused-ring (bicyclic) bond motifs is 2. The van der Waals surface area contributed by atoms with Gasteiger partial charge in [-0.05, 0) is 42.9 Å². The highest BCUT2D eigenvalue weighted by atomic mass is 35.5. The average molecular weight is 463 g/mol. The monoisotopic (exact) mass is 462 g/mol. The fraction of sp³-hybridized carbons (Fsp3) is 0.208. The molecule has 1 amide bonds. The van der Waals surface area contributed by atoms with Crippen LogP contribution in [0.15, 0.2) is 66.9 Å². The zero-order valence-corrected chi connectivity index (χ0v) is 18.3. The Labute approximate surface area is 194 Å². The lowest BCUT2D eigenvalue weighted by atomic mass is 9.71. The quantitative estimate of drug-likeness (QED) is 0.356. The van der Waals surface area contributed by atoms with Crippen molar-refractivity contribution in [2.75, 3.05) is 18.9 Å². The Morgan fingerprint density at radius 2 is 2.03 bits per heavy atom. The van der Waals surface area contributed by atoms with Crippen LogP contribution in [-0.2, 0) is 10.3 Å². The summed E-state index contributed by atoms with van der Waals surface area (Å²) in [6.07, 6.45) is 1.53. The van der Waals surface area contributed by atoms with Crippen LogP contribution in [0.1, 0.15) is 27.5 Å². The van der Waals surface area contributed by atoms with Crippen molar-refractivity contribution in [3.8, 4) is 0 Å². The van der Waals surface area contributed by atoms with E-state index >= 15 is 0 Å². The number of carbonyl (C=O) groups excluding carboxylic acids is 2. The van der Waals surface area contributed by atoms with E-state index in [1.54, 1.807) is 55.6 Å². The molecule has 5 rings (SSSR count). The number of amides is 1. The lowest BCUT2D eigenvalue weighted by molar-refractivity contribution is -0.384. The average Bonchev–Trinajstić information content (AvgIpc) is 3.29. The van der Waals surface area contributed by atoms with Crippen molar-refractivity contribution in [2.45, 2.75) is 11.5 Å². The van der Waals surface area contributed by atoms with Crippen LogP contribution >= 0.6 is 11.6 Å². The van der Waals surface area contributed by atoms with E-state index < -0.39 is 22.3 Å². The number of non-ortho nitro benzene ring substituents is 1. The number of Topliss-reactive ketones (excluding diaryl/α,β-unsaturated/α-hetero) is 1. The van der Waals surface area contributed by atoms with E-state index in [0.717, 1.165) is 0 Å². The van der Waals surface area contributed by atoms with Gasteiger partial charge in [0.05, 0.1) is 10.8 Å². The summed E-state index contributed by atoms with van der Waals surface area (Å²) in [5.41, 5.74) is 0.657. The molecule has 1 aromatic heterocycles. The number of nitrogens with one attached hydrogen (secondary N) is 1. The molecular formula is C24H19ClN4O4. The Morgan fingerprint density at radius 1 is 1.21 bits per heavy atom. The van der Waals surface area contributed by atoms with E-state index in [9.17, 15) is 19.7 Å². The lowest BCUT2D eigenvalue weighted by Crippen LogP contribution is -2.51. The van der Waals surface area contributed by atoms with Crippen molar-refractivity contribution < 1.29 is 14.5 Å². The van der Waals surface area contributed by atoms with E-state index in [-0.39, 0.29) is 23.1 Å². The molecule has 166 valence electrons. The second kappa shape index (κ2) is 7.75. The maximum atomic E-state index is 14.0. The summed E-state index contributed by atoms with van der Waals surface area (Å²) in [5.74, 6) is -2.00. The highest BCUT2D eigenvalue weighted by Crippen LogP contribution is 2.56. The minimum Gasteiger partial charge on any atom is -0.324 e. The van der Waals surface area contributed by atoms with Crippen LogP contribution in [0.4, 0.5) is 11.4 Å². The van der Waals surface area contributed by atoms with E-state index in [4.69, 9.17) is 11.6 Å². The van der Waals surface area contributed by atoms with Gasteiger partial charge in [0.25, 0.3) is 5.69 Å². The third kappa shape index (κ3) is 3.13. The van der Waals surface area contributed by atoms with Crippen LogP contribution in [0.25, 0.3) is 0 Å². The minimum atomic E-state index is -1.33. The maximum absolute atomic E-state index is 14.0. The first-order valence-corrected chi connectivity index (χ1v) is 10.7. The van der Waals surface area contributed by atoms with Gasteiger partial charge >= 0.3 is 0 Å². The normalized spacial score (nSPS) is 24.0. The number of aromatic nitrogens is 1. The number of likely N-dealkylation sites (N-methyl/N-ethyl adjacent to an activating group) is 1. The van der Waals surface area contributed by atoms with E-state index in [1.807, 2.05) is 4.90 Å². The molecule has 1 fully saturated rings. The number of carbonyl (C=O) groups is 2. The van der Waals surface area contributed by atoms with Crippen molar-refractivity contribution in [1.29, 1.82) is 0 Å². The van der Waals surface area contributed by atoms with Gasteiger partial charge in [-0.2, -0.15) is 0 Å². The van der Waals surface area contributed by atoms with E-state index in [2.05, 4.69) is 10.3 Å². The molecule has 0 aliphatic carbocycles. The Kier molecular flexibility index (Phi) is 4.99. The number of hydrogen-bond acceptors (Lipinski definition) is 6. The number of pyridine rings is 1. The zero-order chi connectivity index (χ0) is 23.3. The van der Waals surface area contributed by atoms with E-state index in [0.29, 0.717) is 28.4 Å². The third-order valence-electron chi connectivity index (χ3n) is 6.62. The molecule has 1 N–H and O–H groups in total. The fourth-order valence-corrected chi connectivity index (χ4v) is 5.42. The highest BCUT2D eigenvalue weighted by Gasteiger charge is 2.64. The smallest absolute Gasteiger partial charge is 0.269 e. The minimum absolute atomic E-state index is 0.0699. The molecule has 1 spiro atoms. The predicted octanol–water partition coefficient (Wildman–Crippen LogP) is 4.02. The van der Waals surface area contributed by atoms with Crippen molar-refractivity contribution in [3.63, 3.8) is 0 Å². The summed E-state index contributed by atoms with van der Waals surface area (Å²) in [7, 11) is 1.78. The molecule has 2 aliphatic heterocycles. The summed E-state index contributed by atoms with van der Waals surface area (Å²) in [5, 5.41) is 14.8. The van der Waals surface area contributed by atoms with Crippen LogP contribution in [0, 0.1) is 16.0 Å². The number of nitro benzene ring substituents is 1. The van der Waals surface area contributed by atoms with Gasteiger partial charge in [0.2, 0.25) is 5.91 Å². The summed E-state index contributed by atoms with van der Waals surface area (Å²) < 4.78 is 0. The fourth-order valence-electron chi connectivity index (χ4n) is 5.25. The van der Waals surface area contributed by atoms with Crippen LogP contribution in [-0.4, -0.2) is 40.1 Å². The van der Waals surface area contributed by atoms with Gasteiger partial charge in [0.15, 0.2) is 5.78 Å². The molecule has 0 saturated carbocycles. The van der Waals surface area contributed by atoms with Crippen molar-refractivity contribution in [1.82, 2.24) is 9.88 Å².